The zero-order chi connectivity index (χ0) is 13.8. The predicted octanol–water partition coefficient (Wildman–Crippen LogP) is 4.98. The Balaban J connectivity index is 2.01. The van der Waals surface area contributed by atoms with E-state index in [1.807, 2.05) is 25.1 Å². The first-order chi connectivity index (χ1) is 9.06. The second-order valence-corrected chi connectivity index (χ2v) is 5.22. The molecule has 0 heterocycles. The zero-order valence-electron chi connectivity index (χ0n) is 10.5. The largest absolute Gasteiger partial charge is 0.306 e. The molecule has 0 aliphatic rings. The van der Waals surface area contributed by atoms with Crippen LogP contribution in [0.3, 0.4) is 0 Å². The van der Waals surface area contributed by atoms with Crippen molar-refractivity contribution < 1.29 is 4.39 Å². The third-order valence-electron chi connectivity index (χ3n) is 2.95. The Morgan fingerprint density at radius 2 is 1.89 bits per heavy atom. The molecule has 0 amide bonds. The third kappa shape index (κ3) is 3.93. The highest BCUT2D eigenvalue weighted by Crippen LogP contribution is 2.25. The molecule has 2 aromatic rings. The van der Waals surface area contributed by atoms with Crippen LogP contribution in [0.25, 0.3) is 0 Å². The Morgan fingerprint density at radius 1 is 1.11 bits per heavy atom. The lowest BCUT2D eigenvalue weighted by Crippen LogP contribution is -2.18. The molecule has 0 aliphatic carbocycles. The van der Waals surface area contributed by atoms with Crippen molar-refractivity contribution >= 4 is 23.2 Å². The van der Waals surface area contributed by atoms with E-state index in [-0.39, 0.29) is 11.9 Å². The van der Waals surface area contributed by atoms with Crippen molar-refractivity contribution in [3.05, 3.63) is 69.5 Å². The van der Waals surface area contributed by atoms with Crippen LogP contribution >= 0.6 is 23.2 Å². The van der Waals surface area contributed by atoms with Gasteiger partial charge in [0.1, 0.15) is 5.82 Å². The van der Waals surface area contributed by atoms with E-state index in [1.165, 1.54) is 12.1 Å². The molecule has 2 rings (SSSR count). The van der Waals surface area contributed by atoms with Crippen LogP contribution in [0.5, 0.6) is 0 Å². The molecule has 0 bridgehead atoms. The van der Waals surface area contributed by atoms with Crippen molar-refractivity contribution in [1.82, 2.24) is 5.32 Å². The number of rotatable bonds is 4. The van der Waals surface area contributed by atoms with E-state index in [4.69, 9.17) is 23.2 Å². The molecule has 2 aromatic carbocycles. The fourth-order valence-electron chi connectivity index (χ4n) is 1.82. The SMILES string of the molecule is CC(NCc1cccc(F)c1)c1ccc(Cl)c(Cl)c1. The molecule has 0 fully saturated rings. The summed E-state index contributed by atoms with van der Waals surface area (Å²) in [5.41, 5.74) is 1.96. The molecule has 0 radical (unpaired) electrons. The first-order valence-corrected chi connectivity index (χ1v) is 6.74. The van der Waals surface area contributed by atoms with Crippen molar-refractivity contribution in [2.75, 3.05) is 0 Å². The first-order valence-electron chi connectivity index (χ1n) is 5.99. The fraction of sp³-hybridized carbons (Fsp3) is 0.200. The van der Waals surface area contributed by atoms with Crippen molar-refractivity contribution in [2.45, 2.75) is 19.5 Å². The molecule has 19 heavy (non-hydrogen) atoms. The average Bonchev–Trinajstić information content (AvgIpc) is 2.39. The van der Waals surface area contributed by atoms with Crippen LogP contribution in [0, 0.1) is 5.82 Å². The molecule has 0 saturated heterocycles. The summed E-state index contributed by atoms with van der Waals surface area (Å²) >= 11 is 11.9. The number of nitrogens with one attached hydrogen (secondary N) is 1. The minimum Gasteiger partial charge on any atom is -0.306 e. The van der Waals surface area contributed by atoms with Crippen LogP contribution in [0.1, 0.15) is 24.1 Å². The quantitative estimate of drug-likeness (QED) is 0.839. The first kappa shape index (κ1) is 14.3. The summed E-state index contributed by atoms with van der Waals surface area (Å²) < 4.78 is 13.1. The lowest BCUT2D eigenvalue weighted by molar-refractivity contribution is 0.569. The van der Waals surface area contributed by atoms with Gasteiger partial charge in [-0.25, -0.2) is 4.39 Å². The monoisotopic (exact) mass is 297 g/mol. The van der Waals surface area contributed by atoms with E-state index in [0.717, 1.165) is 11.1 Å². The number of halogens is 3. The standard InChI is InChI=1S/C15H14Cl2FN/c1-10(12-5-6-14(16)15(17)8-12)19-9-11-3-2-4-13(18)7-11/h2-8,10,19H,9H2,1H3. The van der Waals surface area contributed by atoms with Crippen molar-refractivity contribution in [3.8, 4) is 0 Å². The highest BCUT2D eigenvalue weighted by Gasteiger charge is 2.07. The number of hydrogen-bond donors (Lipinski definition) is 1. The van der Waals surface area contributed by atoms with Crippen LogP contribution in [-0.4, -0.2) is 0 Å². The average molecular weight is 298 g/mol. The Morgan fingerprint density at radius 3 is 2.58 bits per heavy atom. The van der Waals surface area contributed by atoms with Gasteiger partial charge in [0.25, 0.3) is 0 Å². The molecule has 100 valence electrons. The number of benzene rings is 2. The molecule has 0 saturated carbocycles. The fourth-order valence-corrected chi connectivity index (χ4v) is 2.12. The maximum atomic E-state index is 13.1. The van der Waals surface area contributed by atoms with Crippen LogP contribution in [-0.2, 0) is 6.54 Å². The molecule has 1 N–H and O–H groups in total. The molecule has 1 unspecified atom stereocenters. The van der Waals surface area contributed by atoms with Gasteiger partial charge in [0.15, 0.2) is 0 Å². The van der Waals surface area contributed by atoms with Gasteiger partial charge in [-0.3, -0.25) is 0 Å². The minimum atomic E-state index is -0.221. The van der Waals surface area contributed by atoms with Crippen LogP contribution in [0.4, 0.5) is 4.39 Å². The lowest BCUT2D eigenvalue weighted by Gasteiger charge is -2.15. The van der Waals surface area contributed by atoms with E-state index in [9.17, 15) is 4.39 Å². The second-order valence-electron chi connectivity index (χ2n) is 4.41. The van der Waals surface area contributed by atoms with Gasteiger partial charge >= 0.3 is 0 Å². The highest BCUT2D eigenvalue weighted by molar-refractivity contribution is 6.42. The Hall–Kier alpha value is -1.09. The van der Waals surface area contributed by atoms with E-state index >= 15 is 0 Å². The Kier molecular flexibility index (Phi) is 4.81. The number of hydrogen-bond acceptors (Lipinski definition) is 1. The van der Waals surface area contributed by atoms with Gasteiger partial charge in [-0.15, -0.1) is 0 Å². The predicted molar refractivity (Wildman–Crippen MR) is 78.1 cm³/mol. The van der Waals surface area contributed by atoms with Crippen molar-refractivity contribution in [2.24, 2.45) is 0 Å². The molecule has 1 atom stereocenters. The topological polar surface area (TPSA) is 12.0 Å². The van der Waals surface area contributed by atoms with Gasteiger partial charge in [0, 0.05) is 12.6 Å². The van der Waals surface area contributed by atoms with Gasteiger partial charge in [-0.1, -0.05) is 41.4 Å². The Bertz CT molecular complexity index is 572. The van der Waals surface area contributed by atoms with E-state index in [2.05, 4.69) is 5.32 Å². The lowest BCUT2D eigenvalue weighted by atomic mass is 10.1. The molecule has 0 spiro atoms. The Labute approximate surface area is 122 Å². The summed E-state index contributed by atoms with van der Waals surface area (Å²) in [6, 6.07) is 12.2. The molecule has 0 aliphatic heterocycles. The van der Waals surface area contributed by atoms with Crippen LogP contribution in [0.2, 0.25) is 10.0 Å². The maximum Gasteiger partial charge on any atom is 0.123 e. The molecule has 0 aromatic heterocycles. The summed E-state index contributed by atoms with van der Waals surface area (Å²) in [5.74, 6) is -0.221. The van der Waals surface area contributed by atoms with E-state index in [1.54, 1.807) is 12.1 Å². The molecular weight excluding hydrogens is 284 g/mol. The summed E-state index contributed by atoms with van der Waals surface area (Å²) in [6.07, 6.45) is 0. The van der Waals surface area contributed by atoms with Crippen molar-refractivity contribution in [3.63, 3.8) is 0 Å². The van der Waals surface area contributed by atoms with Gasteiger partial charge in [0.05, 0.1) is 10.0 Å². The molecule has 1 nitrogen and oxygen atoms in total. The molecule has 4 heteroatoms. The molecular formula is C15H14Cl2FN. The highest BCUT2D eigenvalue weighted by atomic mass is 35.5. The maximum absolute atomic E-state index is 13.1. The van der Waals surface area contributed by atoms with E-state index in [0.29, 0.717) is 16.6 Å². The smallest absolute Gasteiger partial charge is 0.123 e. The normalized spacial score (nSPS) is 12.4. The van der Waals surface area contributed by atoms with E-state index < -0.39 is 0 Å². The van der Waals surface area contributed by atoms with Gasteiger partial charge in [-0.2, -0.15) is 0 Å². The summed E-state index contributed by atoms with van der Waals surface area (Å²) in [6.45, 7) is 2.62. The van der Waals surface area contributed by atoms with Gasteiger partial charge in [0.2, 0.25) is 0 Å². The van der Waals surface area contributed by atoms with Crippen LogP contribution in [0.15, 0.2) is 42.5 Å². The van der Waals surface area contributed by atoms with Crippen LogP contribution < -0.4 is 5.32 Å². The minimum absolute atomic E-state index is 0.109. The second kappa shape index (κ2) is 6.38. The van der Waals surface area contributed by atoms with Gasteiger partial charge in [-0.05, 0) is 42.3 Å². The van der Waals surface area contributed by atoms with Crippen molar-refractivity contribution in [1.29, 1.82) is 0 Å². The zero-order valence-corrected chi connectivity index (χ0v) is 12.0. The summed E-state index contributed by atoms with van der Waals surface area (Å²) in [5, 5.41) is 4.41. The summed E-state index contributed by atoms with van der Waals surface area (Å²) in [7, 11) is 0. The van der Waals surface area contributed by atoms with Gasteiger partial charge < -0.3 is 5.32 Å². The summed E-state index contributed by atoms with van der Waals surface area (Å²) in [4.78, 5) is 0. The third-order valence-corrected chi connectivity index (χ3v) is 3.68.